The lowest BCUT2D eigenvalue weighted by Gasteiger charge is -2.24. The van der Waals surface area contributed by atoms with Crippen LogP contribution in [0.3, 0.4) is 0 Å². The van der Waals surface area contributed by atoms with Gasteiger partial charge in [-0.3, -0.25) is 9.59 Å². The number of carbonyl (C=O) groups is 2. The average Bonchev–Trinajstić information content (AvgIpc) is 2.53. The van der Waals surface area contributed by atoms with E-state index in [2.05, 4.69) is 10.6 Å². The maximum atomic E-state index is 12.3. The van der Waals surface area contributed by atoms with Crippen LogP contribution in [0.5, 0.6) is 5.75 Å². The van der Waals surface area contributed by atoms with Crippen LogP contribution in [0.2, 0.25) is 0 Å². The van der Waals surface area contributed by atoms with Gasteiger partial charge in [-0.05, 0) is 30.0 Å². The molecule has 2 aliphatic rings. The van der Waals surface area contributed by atoms with Crippen LogP contribution in [-0.2, 0) is 16.0 Å². The van der Waals surface area contributed by atoms with E-state index in [4.69, 9.17) is 10.5 Å². The number of benzene rings is 1. The summed E-state index contributed by atoms with van der Waals surface area (Å²) < 4.78 is 5.48. The summed E-state index contributed by atoms with van der Waals surface area (Å²) in [5.74, 6) is 0.0976. The van der Waals surface area contributed by atoms with Crippen molar-refractivity contribution in [3.63, 3.8) is 0 Å². The lowest BCUT2D eigenvalue weighted by Crippen LogP contribution is -2.54. The molecule has 3 rings (SSSR count). The van der Waals surface area contributed by atoms with Crippen molar-refractivity contribution in [1.82, 2.24) is 10.6 Å². The highest BCUT2D eigenvalue weighted by atomic mass is 16.5. The van der Waals surface area contributed by atoms with E-state index in [0.717, 1.165) is 12.0 Å². The molecular weight excluding hydrogens is 282 g/mol. The predicted octanol–water partition coefficient (Wildman–Crippen LogP) is 0.553. The van der Waals surface area contributed by atoms with Gasteiger partial charge in [0.05, 0.1) is 6.04 Å². The summed E-state index contributed by atoms with van der Waals surface area (Å²) in [6, 6.07) is 6.04. The first-order valence-corrected chi connectivity index (χ1v) is 7.56. The molecule has 0 aromatic heterocycles. The Labute approximate surface area is 130 Å². The van der Waals surface area contributed by atoms with Crippen LogP contribution in [0.25, 0.3) is 0 Å². The number of hydrogen-bond acceptors (Lipinski definition) is 4. The van der Waals surface area contributed by atoms with E-state index in [-0.39, 0.29) is 24.5 Å². The van der Waals surface area contributed by atoms with Crippen LogP contribution < -0.4 is 21.1 Å². The molecule has 4 N–H and O–H groups in total. The largest absolute Gasteiger partial charge is 0.473 e. The quantitative estimate of drug-likeness (QED) is 0.744. The van der Waals surface area contributed by atoms with Crippen LogP contribution in [-0.4, -0.2) is 30.6 Å². The van der Waals surface area contributed by atoms with Crippen molar-refractivity contribution in [2.75, 3.05) is 6.73 Å². The molecule has 2 heterocycles. The highest BCUT2D eigenvalue weighted by Gasteiger charge is 2.28. The second-order valence-corrected chi connectivity index (χ2v) is 5.66. The highest BCUT2D eigenvalue weighted by Crippen LogP contribution is 2.14. The van der Waals surface area contributed by atoms with Gasteiger partial charge < -0.3 is 21.1 Å². The zero-order valence-corrected chi connectivity index (χ0v) is 13.0. The molecular formula is C16H23N3O3. The second kappa shape index (κ2) is 7.26. The zero-order valence-electron chi connectivity index (χ0n) is 13.0. The number of nitrogens with two attached hydrogens (primary N) is 1. The van der Waals surface area contributed by atoms with Gasteiger partial charge in [0.2, 0.25) is 11.8 Å². The van der Waals surface area contributed by atoms with E-state index < -0.39 is 12.1 Å². The van der Waals surface area contributed by atoms with Crippen molar-refractivity contribution in [2.24, 2.45) is 11.7 Å². The van der Waals surface area contributed by atoms with Gasteiger partial charge in [0.25, 0.3) is 0 Å². The van der Waals surface area contributed by atoms with E-state index in [9.17, 15) is 9.59 Å². The van der Waals surface area contributed by atoms with Crippen LogP contribution >= 0.6 is 0 Å². The molecule has 3 atom stereocenters. The molecule has 22 heavy (non-hydrogen) atoms. The number of hydrogen-bond donors (Lipinski definition) is 3. The van der Waals surface area contributed by atoms with Gasteiger partial charge in [0.15, 0.2) is 6.73 Å². The Balaban J connectivity index is 2.22. The van der Waals surface area contributed by atoms with Crippen LogP contribution in [0.15, 0.2) is 24.3 Å². The lowest BCUT2D eigenvalue weighted by atomic mass is 9.97. The molecule has 6 nitrogen and oxygen atoms in total. The molecule has 0 saturated carbocycles. The molecule has 0 fully saturated rings. The van der Waals surface area contributed by atoms with Gasteiger partial charge >= 0.3 is 0 Å². The SMILES string of the molecule is CCC(C)C1NC(=O)C(N)Cc2ccc(cc2)OCNC1=O. The fourth-order valence-corrected chi connectivity index (χ4v) is 2.33. The van der Waals surface area contributed by atoms with Crippen molar-refractivity contribution >= 4 is 11.8 Å². The molecule has 1 aromatic carbocycles. The minimum atomic E-state index is -0.688. The number of carbonyl (C=O) groups excluding carboxylic acids is 2. The van der Waals surface area contributed by atoms with E-state index in [1.54, 1.807) is 12.1 Å². The van der Waals surface area contributed by atoms with Gasteiger partial charge in [-0.15, -0.1) is 0 Å². The third-order valence-electron chi connectivity index (χ3n) is 3.99. The van der Waals surface area contributed by atoms with Gasteiger partial charge in [-0.25, -0.2) is 0 Å². The Morgan fingerprint density at radius 1 is 1.27 bits per heavy atom. The molecule has 2 aliphatic heterocycles. The smallest absolute Gasteiger partial charge is 0.245 e. The van der Waals surface area contributed by atoms with Crippen LogP contribution in [0.1, 0.15) is 25.8 Å². The average molecular weight is 305 g/mol. The Morgan fingerprint density at radius 3 is 2.59 bits per heavy atom. The fourth-order valence-electron chi connectivity index (χ4n) is 2.33. The fraction of sp³-hybridized carbons (Fsp3) is 0.500. The summed E-state index contributed by atoms with van der Waals surface area (Å²) in [7, 11) is 0. The molecule has 0 saturated heterocycles. The third-order valence-corrected chi connectivity index (χ3v) is 3.99. The van der Waals surface area contributed by atoms with Gasteiger partial charge in [0.1, 0.15) is 11.8 Å². The number of ether oxygens (including phenoxy) is 1. The summed E-state index contributed by atoms with van der Waals surface area (Å²) in [5.41, 5.74) is 6.91. The van der Waals surface area contributed by atoms with Gasteiger partial charge in [0, 0.05) is 0 Å². The van der Waals surface area contributed by atoms with E-state index >= 15 is 0 Å². The van der Waals surface area contributed by atoms with E-state index in [0.29, 0.717) is 12.2 Å². The van der Waals surface area contributed by atoms with Gasteiger partial charge in [-0.1, -0.05) is 32.4 Å². The molecule has 2 amide bonds. The molecule has 3 unspecified atom stereocenters. The lowest BCUT2D eigenvalue weighted by molar-refractivity contribution is -0.131. The Hall–Kier alpha value is -2.08. The Kier molecular flexibility index (Phi) is 5.38. The number of amides is 2. The Bertz CT molecular complexity index is 530. The van der Waals surface area contributed by atoms with Crippen molar-refractivity contribution in [2.45, 2.75) is 38.8 Å². The molecule has 0 spiro atoms. The number of rotatable bonds is 2. The first-order chi connectivity index (χ1) is 10.5. The van der Waals surface area contributed by atoms with Crippen molar-refractivity contribution in [3.05, 3.63) is 29.8 Å². The van der Waals surface area contributed by atoms with Crippen molar-refractivity contribution in [3.8, 4) is 5.75 Å². The summed E-state index contributed by atoms with van der Waals surface area (Å²) in [5, 5.41) is 5.45. The summed E-state index contributed by atoms with van der Waals surface area (Å²) >= 11 is 0. The molecule has 0 radical (unpaired) electrons. The highest BCUT2D eigenvalue weighted by molar-refractivity contribution is 5.90. The maximum absolute atomic E-state index is 12.3. The summed E-state index contributed by atoms with van der Waals surface area (Å²) in [4.78, 5) is 24.5. The zero-order chi connectivity index (χ0) is 16.1. The predicted molar refractivity (Wildman–Crippen MR) is 83.1 cm³/mol. The third kappa shape index (κ3) is 3.98. The molecule has 1 aromatic rings. The van der Waals surface area contributed by atoms with Crippen LogP contribution in [0, 0.1) is 5.92 Å². The second-order valence-electron chi connectivity index (χ2n) is 5.66. The molecule has 6 heteroatoms. The molecule has 2 bridgehead atoms. The summed E-state index contributed by atoms with van der Waals surface area (Å²) in [6.07, 6.45) is 1.19. The van der Waals surface area contributed by atoms with Crippen molar-refractivity contribution in [1.29, 1.82) is 0 Å². The Morgan fingerprint density at radius 2 is 1.95 bits per heavy atom. The normalized spacial score (nSPS) is 24.1. The van der Waals surface area contributed by atoms with E-state index in [1.807, 2.05) is 26.0 Å². The summed E-state index contributed by atoms with van der Waals surface area (Å²) in [6.45, 7) is 3.96. The molecule has 120 valence electrons. The van der Waals surface area contributed by atoms with Crippen LogP contribution in [0.4, 0.5) is 0 Å². The number of fused-ring (bicyclic) bond motifs is 10. The standard InChI is InChI=1S/C16H23N3O3/c1-3-10(2)14-16(21)18-9-22-12-6-4-11(5-7-12)8-13(17)15(20)19-14/h4-7,10,13-14H,3,8-9,17H2,1-2H3,(H,18,21)(H,19,20). The topological polar surface area (TPSA) is 93.5 Å². The van der Waals surface area contributed by atoms with E-state index in [1.165, 1.54) is 0 Å². The molecule has 0 aliphatic carbocycles. The van der Waals surface area contributed by atoms with Gasteiger partial charge in [-0.2, -0.15) is 0 Å². The first-order valence-electron chi connectivity index (χ1n) is 7.56. The maximum Gasteiger partial charge on any atom is 0.245 e. The van der Waals surface area contributed by atoms with Crippen molar-refractivity contribution < 1.29 is 14.3 Å². The minimum absolute atomic E-state index is 0.00885. The first kappa shape index (κ1) is 16.3. The number of nitrogens with one attached hydrogen (secondary N) is 2. The monoisotopic (exact) mass is 305 g/mol. The minimum Gasteiger partial charge on any atom is -0.473 e.